The molecule has 1 aromatic rings. The summed E-state index contributed by atoms with van der Waals surface area (Å²) in [5, 5.41) is 0. The van der Waals surface area contributed by atoms with Gasteiger partial charge in [-0.25, -0.2) is 9.10 Å². The van der Waals surface area contributed by atoms with Crippen LogP contribution in [0.3, 0.4) is 0 Å². The van der Waals surface area contributed by atoms with Crippen molar-refractivity contribution in [1.29, 1.82) is 0 Å². The number of hydrogen-bond acceptors (Lipinski definition) is 7. The van der Waals surface area contributed by atoms with Gasteiger partial charge >= 0.3 is 12.1 Å². The topological polar surface area (TPSA) is 85.4 Å². The number of fused-ring (bicyclic) bond motifs is 1. The molecule has 1 aliphatic heterocycles. The summed E-state index contributed by atoms with van der Waals surface area (Å²) in [6.45, 7) is 7.23. The van der Waals surface area contributed by atoms with Gasteiger partial charge in [-0.3, -0.25) is 13.9 Å². The van der Waals surface area contributed by atoms with Crippen molar-refractivity contribution in [3.8, 4) is 11.5 Å². The van der Waals surface area contributed by atoms with Crippen LogP contribution in [0.15, 0.2) is 18.2 Å². The molecular formula is C19H26N2O6S. The lowest BCUT2D eigenvalue weighted by molar-refractivity contribution is -0.145. The van der Waals surface area contributed by atoms with Crippen LogP contribution in [0.25, 0.3) is 0 Å². The number of para-hydroxylation sites is 1. The monoisotopic (exact) mass is 410 g/mol. The van der Waals surface area contributed by atoms with Crippen molar-refractivity contribution in [2.75, 3.05) is 20.2 Å². The van der Waals surface area contributed by atoms with Gasteiger partial charge in [0.15, 0.2) is 11.5 Å². The molecule has 0 saturated heterocycles. The van der Waals surface area contributed by atoms with E-state index in [1.165, 1.54) is 11.4 Å². The van der Waals surface area contributed by atoms with Crippen LogP contribution in [0, 0.1) is 0 Å². The maximum atomic E-state index is 12.5. The summed E-state index contributed by atoms with van der Waals surface area (Å²) in [4.78, 5) is 36.3. The third kappa shape index (κ3) is 5.54. The summed E-state index contributed by atoms with van der Waals surface area (Å²) in [7, 11) is 1.46. The molecule has 2 amide bonds. The zero-order chi connectivity index (χ0) is 20.9. The third-order valence-corrected chi connectivity index (χ3v) is 4.81. The first kappa shape index (κ1) is 21.9. The third-order valence-electron chi connectivity index (χ3n) is 3.89. The second kappa shape index (κ2) is 9.18. The van der Waals surface area contributed by atoms with E-state index in [2.05, 4.69) is 0 Å². The van der Waals surface area contributed by atoms with Crippen LogP contribution in [0.1, 0.15) is 39.7 Å². The Labute approximate surface area is 169 Å². The number of ether oxygens (including phenoxy) is 3. The number of carbonyl (C=O) groups is 3. The molecule has 154 valence electrons. The van der Waals surface area contributed by atoms with E-state index in [1.54, 1.807) is 26.0 Å². The minimum atomic E-state index is -0.690. The average Bonchev–Trinajstić information content (AvgIpc) is 2.95. The molecule has 1 aromatic carbocycles. The highest BCUT2D eigenvalue weighted by atomic mass is 32.2. The van der Waals surface area contributed by atoms with E-state index in [4.69, 9.17) is 14.2 Å². The molecule has 0 spiro atoms. The lowest BCUT2D eigenvalue weighted by Crippen LogP contribution is -2.36. The van der Waals surface area contributed by atoms with E-state index in [-0.39, 0.29) is 31.1 Å². The standard InChI is InChI=1S/C19H26N2O6S/c1-6-15(22)21(12-16(23)25-7-2)28-20(5)18(24)26-14-10-8-9-13-11-19(3,4)27-17(13)14/h8-10H,6-7,11-12H2,1-5H3. The Morgan fingerprint density at radius 3 is 2.61 bits per heavy atom. The van der Waals surface area contributed by atoms with Crippen molar-refractivity contribution in [1.82, 2.24) is 8.61 Å². The SMILES string of the molecule is CCOC(=O)CN(SN(C)C(=O)Oc1cccc2c1OC(C)(C)C2)C(=O)CC. The van der Waals surface area contributed by atoms with Crippen molar-refractivity contribution in [3.63, 3.8) is 0 Å². The van der Waals surface area contributed by atoms with Gasteiger partial charge in [-0.1, -0.05) is 19.1 Å². The second-order valence-electron chi connectivity index (χ2n) is 6.82. The highest BCUT2D eigenvalue weighted by Gasteiger charge is 2.33. The summed E-state index contributed by atoms with van der Waals surface area (Å²) in [5.41, 5.74) is 0.603. The van der Waals surface area contributed by atoms with E-state index in [0.29, 0.717) is 11.5 Å². The molecule has 0 atom stereocenters. The van der Waals surface area contributed by atoms with Gasteiger partial charge < -0.3 is 14.2 Å². The molecule has 9 heteroatoms. The Morgan fingerprint density at radius 2 is 1.96 bits per heavy atom. The lowest BCUT2D eigenvalue weighted by atomic mass is 10.0. The number of benzene rings is 1. The Hall–Kier alpha value is -2.42. The number of esters is 1. The van der Waals surface area contributed by atoms with Gasteiger partial charge in [-0.15, -0.1) is 0 Å². The summed E-state index contributed by atoms with van der Waals surface area (Å²) >= 11 is 0.793. The number of amides is 2. The molecule has 0 unspecified atom stereocenters. The van der Waals surface area contributed by atoms with Crippen LogP contribution in [-0.2, 0) is 20.7 Å². The van der Waals surface area contributed by atoms with E-state index < -0.39 is 12.1 Å². The zero-order valence-electron chi connectivity index (χ0n) is 16.8. The second-order valence-corrected chi connectivity index (χ2v) is 7.97. The van der Waals surface area contributed by atoms with Crippen LogP contribution in [0.4, 0.5) is 4.79 Å². The molecule has 0 aliphatic carbocycles. The quantitative estimate of drug-likeness (QED) is 0.504. The van der Waals surface area contributed by atoms with Crippen LogP contribution in [-0.4, -0.2) is 52.4 Å². The number of carbonyl (C=O) groups excluding carboxylic acids is 3. The van der Waals surface area contributed by atoms with Gasteiger partial charge in [-0.2, -0.15) is 0 Å². The Kier molecular flexibility index (Phi) is 7.17. The van der Waals surface area contributed by atoms with E-state index in [1.807, 2.05) is 19.9 Å². The molecule has 0 saturated carbocycles. The van der Waals surface area contributed by atoms with E-state index >= 15 is 0 Å². The van der Waals surface area contributed by atoms with Crippen molar-refractivity contribution >= 4 is 30.1 Å². The van der Waals surface area contributed by atoms with Gasteiger partial charge in [0.25, 0.3) is 0 Å². The largest absolute Gasteiger partial charge is 0.483 e. The summed E-state index contributed by atoms with van der Waals surface area (Å²) in [6.07, 6.45) is 0.214. The number of hydrogen-bond donors (Lipinski definition) is 0. The maximum absolute atomic E-state index is 12.5. The van der Waals surface area contributed by atoms with Gasteiger partial charge in [0, 0.05) is 25.5 Å². The van der Waals surface area contributed by atoms with Gasteiger partial charge in [0.1, 0.15) is 12.1 Å². The average molecular weight is 410 g/mol. The van der Waals surface area contributed by atoms with Gasteiger partial charge in [-0.05, 0) is 26.8 Å². The van der Waals surface area contributed by atoms with Crippen LogP contribution < -0.4 is 9.47 Å². The van der Waals surface area contributed by atoms with Gasteiger partial charge in [0.05, 0.1) is 18.7 Å². The van der Waals surface area contributed by atoms with Crippen molar-refractivity contribution in [3.05, 3.63) is 23.8 Å². The smallest absolute Gasteiger partial charge is 0.426 e. The van der Waals surface area contributed by atoms with Crippen molar-refractivity contribution < 1.29 is 28.6 Å². The Balaban J connectivity index is 2.05. The fourth-order valence-electron chi connectivity index (χ4n) is 2.67. The lowest BCUT2D eigenvalue weighted by Gasteiger charge is -2.24. The fraction of sp³-hybridized carbons (Fsp3) is 0.526. The first-order chi connectivity index (χ1) is 13.2. The molecule has 1 aliphatic rings. The van der Waals surface area contributed by atoms with E-state index in [9.17, 15) is 14.4 Å². The highest BCUT2D eigenvalue weighted by Crippen LogP contribution is 2.42. The summed E-state index contributed by atoms with van der Waals surface area (Å²) < 4.78 is 18.6. The molecule has 28 heavy (non-hydrogen) atoms. The Bertz CT molecular complexity index is 752. The van der Waals surface area contributed by atoms with Crippen molar-refractivity contribution in [2.45, 2.75) is 46.1 Å². The Morgan fingerprint density at radius 1 is 1.25 bits per heavy atom. The van der Waals surface area contributed by atoms with Crippen LogP contribution >= 0.6 is 12.1 Å². The highest BCUT2D eigenvalue weighted by molar-refractivity contribution is 7.95. The first-order valence-corrected chi connectivity index (χ1v) is 9.80. The van der Waals surface area contributed by atoms with Crippen LogP contribution in [0.2, 0.25) is 0 Å². The van der Waals surface area contributed by atoms with E-state index in [0.717, 1.165) is 28.4 Å². The van der Waals surface area contributed by atoms with Crippen LogP contribution in [0.5, 0.6) is 11.5 Å². The van der Waals surface area contributed by atoms with Crippen molar-refractivity contribution in [2.24, 2.45) is 0 Å². The zero-order valence-corrected chi connectivity index (χ0v) is 17.6. The molecule has 0 radical (unpaired) electrons. The first-order valence-electron chi connectivity index (χ1n) is 9.07. The molecule has 1 heterocycles. The predicted octanol–water partition coefficient (Wildman–Crippen LogP) is 3.20. The molecule has 0 aromatic heterocycles. The molecule has 8 nitrogen and oxygen atoms in total. The van der Waals surface area contributed by atoms with Gasteiger partial charge in [0.2, 0.25) is 5.91 Å². The normalized spacial score (nSPS) is 13.9. The summed E-state index contributed by atoms with van der Waals surface area (Å²) in [6, 6.07) is 5.39. The minimum Gasteiger partial charge on any atom is -0.483 e. The molecule has 0 bridgehead atoms. The molecule has 0 N–H and O–H groups in total. The number of nitrogens with zero attached hydrogens (tertiary/aromatic N) is 2. The number of rotatable bonds is 7. The predicted molar refractivity (Wildman–Crippen MR) is 105 cm³/mol. The molecule has 0 fully saturated rings. The fourth-order valence-corrected chi connectivity index (χ4v) is 3.45. The minimum absolute atomic E-state index is 0.185. The molecule has 2 rings (SSSR count). The maximum Gasteiger partial charge on any atom is 0.426 e. The molecular weight excluding hydrogens is 384 g/mol. The summed E-state index contributed by atoms with van der Waals surface area (Å²) in [5.74, 6) is 0.0185.